The molecule has 0 aliphatic rings. The number of aryl methyl sites for hydroxylation is 1. The van der Waals surface area contributed by atoms with Crippen LogP contribution in [0.5, 0.6) is 0 Å². The SMILES string of the molecule is Cn1ncnc1-c1ccn2c(-c3ccc(NC(=O)Nc4cc(C(C)(C)C)on4)cc3)cnc2c1. The smallest absolute Gasteiger partial charge is 0.324 e. The van der Waals surface area contributed by atoms with Gasteiger partial charge in [0, 0.05) is 41.5 Å². The lowest BCUT2D eigenvalue weighted by atomic mass is 9.93. The van der Waals surface area contributed by atoms with Crippen LogP contribution >= 0.6 is 0 Å². The highest BCUT2D eigenvalue weighted by Crippen LogP contribution is 2.26. The third kappa shape index (κ3) is 4.13. The molecule has 2 amide bonds. The van der Waals surface area contributed by atoms with Gasteiger partial charge in [0.25, 0.3) is 0 Å². The summed E-state index contributed by atoms with van der Waals surface area (Å²) >= 11 is 0. The van der Waals surface area contributed by atoms with Gasteiger partial charge < -0.3 is 9.84 Å². The molecule has 5 rings (SSSR count). The van der Waals surface area contributed by atoms with Gasteiger partial charge in [0.15, 0.2) is 11.6 Å². The van der Waals surface area contributed by atoms with Gasteiger partial charge in [0.1, 0.15) is 17.7 Å². The van der Waals surface area contributed by atoms with Crippen molar-refractivity contribution in [3.63, 3.8) is 0 Å². The van der Waals surface area contributed by atoms with Crippen LogP contribution in [0.4, 0.5) is 16.3 Å². The molecule has 2 N–H and O–H groups in total. The van der Waals surface area contributed by atoms with Crippen molar-refractivity contribution in [2.45, 2.75) is 26.2 Å². The molecule has 0 atom stereocenters. The van der Waals surface area contributed by atoms with E-state index in [1.165, 1.54) is 6.33 Å². The van der Waals surface area contributed by atoms with Crippen molar-refractivity contribution in [1.82, 2.24) is 29.3 Å². The largest absolute Gasteiger partial charge is 0.359 e. The van der Waals surface area contributed by atoms with Crippen LogP contribution in [-0.4, -0.2) is 35.3 Å². The number of imidazole rings is 1. The van der Waals surface area contributed by atoms with E-state index in [2.05, 4.69) is 30.9 Å². The van der Waals surface area contributed by atoms with Gasteiger partial charge in [0.2, 0.25) is 0 Å². The zero-order valence-corrected chi connectivity index (χ0v) is 19.3. The molecule has 0 saturated heterocycles. The predicted molar refractivity (Wildman–Crippen MR) is 128 cm³/mol. The molecule has 10 heteroatoms. The molecule has 172 valence electrons. The van der Waals surface area contributed by atoms with Crippen LogP contribution in [0.15, 0.2) is 65.7 Å². The van der Waals surface area contributed by atoms with Crippen molar-refractivity contribution in [2.75, 3.05) is 10.6 Å². The number of hydrogen-bond acceptors (Lipinski definition) is 6. The van der Waals surface area contributed by atoms with E-state index in [9.17, 15) is 4.79 Å². The van der Waals surface area contributed by atoms with Gasteiger partial charge in [0.05, 0.1) is 11.9 Å². The number of nitrogens with zero attached hydrogens (tertiary/aromatic N) is 6. The zero-order chi connectivity index (χ0) is 23.9. The summed E-state index contributed by atoms with van der Waals surface area (Å²) in [7, 11) is 1.86. The number of rotatable bonds is 4. The average molecular weight is 457 g/mol. The molecule has 4 heterocycles. The van der Waals surface area contributed by atoms with Crippen LogP contribution in [0.2, 0.25) is 0 Å². The van der Waals surface area contributed by atoms with Crippen LogP contribution in [0.3, 0.4) is 0 Å². The Kier molecular flexibility index (Phi) is 5.12. The van der Waals surface area contributed by atoms with Crippen LogP contribution in [-0.2, 0) is 12.5 Å². The maximum Gasteiger partial charge on any atom is 0.324 e. The molecule has 10 nitrogen and oxygen atoms in total. The second kappa shape index (κ2) is 8.14. The first kappa shape index (κ1) is 21.4. The Morgan fingerprint density at radius 2 is 1.79 bits per heavy atom. The van der Waals surface area contributed by atoms with Crippen molar-refractivity contribution in [1.29, 1.82) is 0 Å². The number of carbonyl (C=O) groups excluding carboxylic acids is 1. The van der Waals surface area contributed by atoms with Gasteiger partial charge in [-0.3, -0.25) is 9.72 Å². The molecular weight excluding hydrogens is 432 g/mol. The number of fused-ring (bicyclic) bond motifs is 1. The Morgan fingerprint density at radius 1 is 1.00 bits per heavy atom. The van der Waals surface area contributed by atoms with Crippen molar-refractivity contribution < 1.29 is 9.32 Å². The van der Waals surface area contributed by atoms with E-state index in [0.717, 1.165) is 28.3 Å². The predicted octanol–water partition coefficient (Wildman–Crippen LogP) is 4.73. The number of nitrogens with one attached hydrogen (secondary N) is 2. The summed E-state index contributed by atoms with van der Waals surface area (Å²) < 4.78 is 9.03. The van der Waals surface area contributed by atoms with Gasteiger partial charge in [-0.15, -0.1) is 0 Å². The van der Waals surface area contributed by atoms with Gasteiger partial charge in [-0.25, -0.2) is 19.4 Å². The average Bonchev–Trinajstić information content (AvgIpc) is 3.53. The minimum absolute atomic E-state index is 0.186. The first-order chi connectivity index (χ1) is 16.3. The summed E-state index contributed by atoms with van der Waals surface area (Å²) in [6, 6.07) is 12.8. The molecule has 0 spiro atoms. The highest BCUT2D eigenvalue weighted by atomic mass is 16.5. The van der Waals surface area contributed by atoms with Crippen molar-refractivity contribution in [2.24, 2.45) is 7.05 Å². The number of amides is 2. The molecular formula is C24H24N8O2. The number of pyridine rings is 1. The molecule has 0 saturated carbocycles. The first-order valence-corrected chi connectivity index (χ1v) is 10.7. The second-order valence-electron chi connectivity index (χ2n) is 8.98. The minimum atomic E-state index is -0.396. The van der Waals surface area contributed by atoms with Crippen LogP contribution in [0.25, 0.3) is 28.3 Å². The van der Waals surface area contributed by atoms with Crippen molar-refractivity contribution in [3.05, 3.63) is 66.9 Å². The lowest BCUT2D eigenvalue weighted by Crippen LogP contribution is -2.19. The molecule has 0 unspecified atom stereocenters. The third-order valence-corrected chi connectivity index (χ3v) is 5.41. The van der Waals surface area contributed by atoms with E-state index >= 15 is 0 Å². The number of aromatic nitrogens is 6. The fourth-order valence-corrected chi connectivity index (χ4v) is 3.58. The number of urea groups is 1. The number of benzene rings is 1. The molecule has 0 aliphatic carbocycles. The summed E-state index contributed by atoms with van der Waals surface area (Å²) in [5, 5.41) is 13.5. The summed E-state index contributed by atoms with van der Waals surface area (Å²) in [5.41, 5.74) is 4.12. The Hall–Kier alpha value is -4.47. The molecule has 0 radical (unpaired) electrons. The van der Waals surface area contributed by atoms with Gasteiger partial charge in [-0.2, -0.15) is 5.10 Å². The van der Waals surface area contributed by atoms with E-state index in [-0.39, 0.29) is 5.41 Å². The first-order valence-electron chi connectivity index (χ1n) is 10.7. The second-order valence-corrected chi connectivity index (χ2v) is 8.98. The van der Waals surface area contributed by atoms with E-state index in [0.29, 0.717) is 17.3 Å². The van der Waals surface area contributed by atoms with Crippen LogP contribution in [0, 0.1) is 0 Å². The highest BCUT2D eigenvalue weighted by Gasteiger charge is 2.20. The summed E-state index contributed by atoms with van der Waals surface area (Å²) in [4.78, 5) is 21.2. The highest BCUT2D eigenvalue weighted by molar-refractivity contribution is 5.99. The van der Waals surface area contributed by atoms with Crippen molar-refractivity contribution in [3.8, 4) is 22.6 Å². The molecule has 1 aromatic carbocycles. The molecule has 0 fully saturated rings. The summed E-state index contributed by atoms with van der Waals surface area (Å²) in [6.45, 7) is 6.04. The molecule has 5 aromatic rings. The monoisotopic (exact) mass is 456 g/mol. The Morgan fingerprint density at radius 3 is 2.47 bits per heavy atom. The maximum atomic E-state index is 12.4. The maximum absolute atomic E-state index is 12.4. The number of anilines is 2. The molecule has 0 bridgehead atoms. The van der Waals surface area contributed by atoms with Crippen LogP contribution < -0.4 is 10.6 Å². The molecule has 4 aromatic heterocycles. The molecule has 34 heavy (non-hydrogen) atoms. The Balaban J connectivity index is 1.30. The Labute approximate surface area is 195 Å². The quantitative estimate of drug-likeness (QED) is 0.404. The minimum Gasteiger partial charge on any atom is -0.359 e. The standard InChI is InChI=1S/C24H24N8O2/c1-24(2,3)19-12-20(30-34-19)29-23(33)28-17-7-5-15(6-8-17)18-13-25-21-11-16(9-10-32(18)21)22-26-14-27-31(22)4/h5-14H,1-4H3,(H2,28,29,30,33). The van der Waals surface area contributed by atoms with E-state index < -0.39 is 6.03 Å². The van der Waals surface area contributed by atoms with E-state index in [1.807, 2.05) is 81.0 Å². The Bertz CT molecular complexity index is 1470. The topological polar surface area (TPSA) is 115 Å². The lowest BCUT2D eigenvalue weighted by molar-refractivity contribution is 0.262. The van der Waals surface area contributed by atoms with Crippen molar-refractivity contribution >= 4 is 23.2 Å². The van der Waals surface area contributed by atoms with Gasteiger partial charge in [-0.1, -0.05) is 38.1 Å². The summed E-state index contributed by atoms with van der Waals surface area (Å²) in [6.07, 6.45) is 5.31. The lowest BCUT2D eigenvalue weighted by Gasteiger charge is -2.12. The fourth-order valence-electron chi connectivity index (χ4n) is 3.58. The normalized spacial score (nSPS) is 11.6. The summed E-state index contributed by atoms with van der Waals surface area (Å²) in [5.74, 6) is 1.84. The van der Waals surface area contributed by atoms with E-state index in [4.69, 9.17) is 4.52 Å². The van der Waals surface area contributed by atoms with E-state index in [1.54, 1.807) is 10.7 Å². The third-order valence-electron chi connectivity index (χ3n) is 5.41. The number of hydrogen-bond donors (Lipinski definition) is 2. The van der Waals surface area contributed by atoms with Crippen LogP contribution in [0.1, 0.15) is 26.5 Å². The zero-order valence-electron chi connectivity index (χ0n) is 19.3. The fraction of sp³-hybridized carbons (Fsp3) is 0.208. The number of carbonyl (C=O) groups is 1. The molecule has 0 aliphatic heterocycles. The van der Waals surface area contributed by atoms with Gasteiger partial charge >= 0.3 is 6.03 Å². The van der Waals surface area contributed by atoms with Gasteiger partial charge in [-0.05, 0) is 24.3 Å².